The van der Waals surface area contributed by atoms with E-state index in [1.165, 1.54) is 10.5 Å². The number of furan rings is 1. The number of para-hydroxylation sites is 1. The zero-order valence-electron chi connectivity index (χ0n) is 14.8. The first-order chi connectivity index (χ1) is 12.2. The largest absolute Gasteiger partial charge is 0.459 e. The average molecular weight is 337 g/mol. The van der Waals surface area contributed by atoms with Gasteiger partial charge in [0.1, 0.15) is 17.9 Å². The molecule has 0 bridgehead atoms. The lowest BCUT2D eigenvalue weighted by molar-refractivity contribution is -0.904. The van der Waals surface area contributed by atoms with Gasteiger partial charge < -0.3 is 14.6 Å². The van der Waals surface area contributed by atoms with Crippen molar-refractivity contribution in [2.24, 2.45) is 0 Å². The van der Waals surface area contributed by atoms with Crippen molar-refractivity contribution in [1.82, 2.24) is 5.32 Å². The van der Waals surface area contributed by atoms with E-state index >= 15 is 0 Å². The van der Waals surface area contributed by atoms with Crippen LogP contribution in [0.1, 0.15) is 31.2 Å². The minimum atomic E-state index is -0.144. The van der Waals surface area contributed by atoms with Gasteiger partial charge in [-0.15, -0.1) is 0 Å². The highest BCUT2D eigenvalue weighted by Gasteiger charge is 2.18. The van der Waals surface area contributed by atoms with Crippen molar-refractivity contribution in [2.45, 2.75) is 26.4 Å². The number of nitrogens with one attached hydrogen (secondary N) is 2. The summed E-state index contributed by atoms with van der Waals surface area (Å²) in [6, 6.07) is 20.0. The van der Waals surface area contributed by atoms with Crippen LogP contribution < -0.4 is 10.2 Å². The third kappa shape index (κ3) is 4.48. The summed E-state index contributed by atoms with van der Waals surface area (Å²) in [5.41, 5.74) is 2.10. The smallest absolute Gasteiger partial charge is 0.275 e. The van der Waals surface area contributed by atoms with E-state index in [0.717, 1.165) is 29.8 Å². The Bertz CT molecular complexity index is 793. The number of carbonyl (C=O) groups is 1. The van der Waals surface area contributed by atoms with Gasteiger partial charge >= 0.3 is 0 Å². The van der Waals surface area contributed by atoms with Gasteiger partial charge in [0.25, 0.3) is 5.91 Å². The standard InChI is InChI=1S/C21H24N2O2/c1-3-23(14-17-9-5-4-6-10-17)15-21(24)22-16(2)20-13-18-11-7-8-12-19(18)25-20/h4-13,16H,3,14-15H2,1-2H3,(H,22,24)/p+1/t16-/m0/s1. The Morgan fingerprint density at radius 2 is 1.84 bits per heavy atom. The third-order valence-electron chi connectivity index (χ3n) is 4.46. The van der Waals surface area contributed by atoms with Crippen molar-refractivity contribution < 1.29 is 14.1 Å². The molecule has 0 fully saturated rings. The van der Waals surface area contributed by atoms with Crippen LogP contribution in [0.3, 0.4) is 0 Å². The topological polar surface area (TPSA) is 46.7 Å². The first-order valence-corrected chi connectivity index (χ1v) is 8.81. The molecule has 1 aromatic heterocycles. The zero-order valence-corrected chi connectivity index (χ0v) is 14.8. The molecule has 0 radical (unpaired) electrons. The van der Waals surface area contributed by atoms with E-state index in [0.29, 0.717) is 6.54 Å². The molecule has 4 heteroatoms. The number of carbonyl (C=O) groups excluding carboxylic acids is 1. The number of rotatable bonds is 7. The molecule has 0 saturated heterocycles. The van der Waals surface area contributed by atoms with Gasteiger partial charge in [-0.3, -0.25) is 4.79 Å². The van der Waals surface area contributed by atoms with Crippen molar-refractivity contribution in [3.05, 3.63) is 72.0 Å². The van der Waals surface area contributed by atoms with Crippen LogP contribution in [0, 0.1) is 0 Å². The van der Waals surface area contributed by atoms with Crippen molar-refractivity contribution in [3.8, 4) is 0 Å². The normalized spacial score (nSPS) is 13.5. The van der Waals surface area contributed by atoms with Crippen LogP contribution in [0.15, 0.2) is 65.1 Å². The van der Waals surface area contributed by atoms with Crippen LogP contribution in [-0.2, 0) is 11.3 Å². The van der Waals surface area contributed by atoms with Gasteiger partial charge in [0.15, 0.2) is 6.54 Å². The molecule has 0 spiro atoms. The Labute approximate surface area is 148 Å². The van der Waals surface area contributed by atoms with E-state index in [2.05, 4.69) is 24.4 Å². The van der Waals surface area contributed by atoms with Crippen LogP contribution in [0.2, 0.25) is 0 Å². The molecule has 4 nitrogen and oxygen atoms in total. The second kappa shape index (κ2) is 7.99. The molecule has 1 unspecified atom stereocenters. The summed E-state index contributed by atoms with van der Waals surface area (Å²) >= 11 is 0. The summed E-state index contributed by atoms with van der Waals surface area (Å²) in [4.78, 5) is 13.7. The molecule has 3 rings (SSSR count). The summed E-state index contributed by atoms with van der Waals surface area (Å²) in [7, 11) is 0. The monoisotopic (exact) mass is 337 g/mol. The molecule has 2 aromatic carbocycles. The molecule has 2 atom stereocenters. The van der Waals surface area contributed by atoms with Crippen molar-refractivity contribution >= 4 is 16.9 Å². The van der Waals surface area contributed by atoms with Gasteiger partial charge in [0.05, 0.1) is 12.6 Å². The molecular formula is C21H25N2O2+. The molecule has 25 heavy (non-hydrogen) atoms. The lowest BCUT2D eigenvalue weighted by Crippen LogP contribution is -3.11. The highest BCUT2D eigenvalue weighted by molar-refractivity contribution is 5.79. The maximum absolute atomic E-state index is 12.4. The summed E-state index contributed by atoms with van der Waals surface area (Å²) in [6.45, 7) is 6.27. The van der Waals surface area contributed by atoms with E-state index in [1.807, 2.05) is 55.5 Å². The molecule has 0 aliphatic heterocycles. The molecule has 0 saturated carbocycles. The van der Waals surface area contributed by atoms with E-state index in [-0.39, 0.29) is 11.9 Å². The molecule has 130 valence electrons. The summed E-state index contributed by atoms with van der Waals surface area (Å²) < 4.78 is 5.84. The molecule has 3 aromatic rings. The number of hydrogen-bond donors (Lipinski definition) is 2. The minimum absolute atomic E-state index is 0.0423. The van der Waals surface area contributed by atoms with E-state index < -0.39 is 0 Å². The molecular weight excluding hydrogens is 312 g/mol. The Morgan fingerprint density at radius 3 is 2.56 bits per heavy atom. The van der Waals surface area contributed by atoms with E-state index in [1.54, 1.807) is 0 Å². The number of fused-ring (bicyclic) bond motifs is 1. The predicted molar refractivity (Wildman–Crippen MR) is 99.3 cm³/mol. The number of amides is 1. The van der Waals surface area contributed by atoms with Gasteiger partial charge in [-0.1, -0.05) is 48.5 Å². The van der Waals surface area contributed by atoms with Gasteiger partial charge in [0.2, 0.25) is 0 Å². The molecule has 0 aliphatic carbocycles. The maximum atomic E-state index is 12.4. The van der Waals surface area contributed by atoms with Crippen LogP contribution in [-0.4, -0.2) is 19.0 Å². The number of hydrogen-bond acceptors (Lipinski definition) is 2. The van der Waals surface area contributed by atoms with Gasteiger partial charge in [-0.05, 0) is 26.0 Å². The summed E-state index contributed by atoms with van der Waals surface area (Å²) in [6.07, 6.45) is 0. The first-order valence-electron chi connectivity index (χ1n) is 8.81. The van der Waals surface area contributed by atoms with E-state index in [4.69, 9.17) is 4.42 Å². The quantitative estimate of drug-likeness (QED) is 0.696. The maximum Gasteiger partial charge on any atom is 0.275 e. The third-order valence-corrected chi connectivity index (χ3v) is 4.46. The minimum Gasteiger partial charge on any atom is -0.459 e. The second-order valence-corrected chi connectivity index (χ2v) is 6.42. The first kappa shape index (κ1) is 17.2. The SMILES string of the molecule is CC[NH+](CC(=O)N[C@@H](C)c1cc2ccccc2o1)Cc1ccccc1. The highest BCUT2D eigenvalue weighted by atomic mass is 16.3. The highest BCUT2D eigenvalue weighted by Crippen LogP contribution is 2.23. The van der Waals surface area contributed by atoms with Crippen LogP contribution >= 0.6 is 0 Å². The summed E-state index contributed by atoms with van der Waals surface area (Å²) in [5.74, 6) is 0.830. The zero-order chi connectivity index (χ0) is 17.6. The number of benzene rings is 2. The Morgan fingerprint density at radius 1 is 1.12 bits per heavy atom. The molecule has 0 aliphatic rings. The average Bonchev–Trinajstić information content (AvgIpc) is 3.06. The summed E-state index contributed by atoms with van der Waals surface area (Å²) in [5, 5.41) is 4.11. The Kier molecular flexibility index (Phi) is 5.51. The lowest BCUT2D eigenvalue weighted by Gasteiger charge is -2.18. The predicted octanol–water partition coefficient (Wildman–Crippen LogP) is 2.72. The molecule has 1 heterocycles. The second-order valence-electron chi connectivity index (χ2n) is 6.42. The van der Waals surface area contributed by atoms with Crippen molar-refractivity contribution in [3.63, 3.8) is 0 Å². The van der Waals surface area contributed by atoms with Gasteiger partial charge in [-0.25, -0.2) is 0 Å². The van der Waals surface area contributed by atoms with Crippen LogP contribution in [0.4, 0.5) is 0 Å². The Balaban J connectivity index is 1.58. The number of likely N-dealkylation sites (N-methyl/N-ethyl adjacent to an activating group) is 1. The van der Waals surface area contributed by atoms with E-state index in [9.17, 15) is 4.79 Å². The Hall–Kier alpha value is -2.59. The van der Waals surface area contributed by atoms with Gasteiger partial charge in [0, 0.05) is 10.9 Å². The van der Waals surface area contributed by atoms with Gasteiger partial charge in [-0.2, -0.15) is 0 Å². The fourth-order valence-electron chi connectivity index (χ4n) is 3.00. The van der Waals surface area contributed by atoms with Crippen LogP contribution in [0.25, 0.3) is 11.0 Å². The lowest BCUT2D eigenvalue weighted by atomic mass is 10.2. The number of quaternary nitrogens is 1. The van der Waals surface area contributed by atoms with Crippen molar-refractivity contribution in [1.29, 1.82) is 0 Å². The fourth-order valence-corrected chi connectivity index (χ4v) is 3.00. The van der Waals surface area contributed by atoms with Crippen molar-refractivity contribution in [2.75, 3.05) is 13.1 Å². The van der Waals surface area contributed by atoms with Crippen LogP contribution in [0.5, 0.6) is 0 Å². The molecule has 1 amide bonds. The fraction of sp³-hybridized carbons (Fsp3) is 0.286. The molecule has 2 N–H and O–H groups in total.